The van der Waals surface area contributed by atoms with Crippen LogP contribution in [0.4, 0.5) is 0 Å². The molecule has 0 saturated heterocycles. The summed E-state index contributed by atoms with van der Waals surface area (Å²) in [4.78, 5) is 3.77. The molecule has 108 valence electrons. The van der Waals surface area contributed by atoms with Crippen LogP contribution < -0.4 is 5.32 Å². The highest BCUT2D eigenvalue weighted by atomic mass is 32.1. The average Bonchev–Trinajstić information content (AvgIpc) is 3.09. The van der Waals surface area contributed by atoms with Gasteiger partial charge in [0.05, 0.1) is 12.3 Å². The molecule has 2 aromatic rings. The maximum absolute atomic E-state index is 5.57. The van der Waals surface area contributed by atoms with Crippen molar-refractivity contribution in [2.75, 3.05) is 20.6 Å². The molecule has 2 heterocycles. The summed E-state index contributed by atoms with van der Waals surface area (Å²) >= 11 is 1.90. The monoisotopic (exact) mass is 290 g/mol. The van der Waals surface area contributed by atoms with Crippen molar-refractivity contribution in [2.24, 2.45) is 0 Å². The van der Waals surface area contributed by atoms with Crippen LogP contribution >= 0.6 is 11.3 Å². The van der Waals surface area contributed by atoms with Crippen molar-refractivity contribution < 1.29 is 4.42 Å². The first-order chi connectivity index (χ1) is 9.75. The number of thiophene rings is 1. The third kappa shape index (κ3) is 2.82. The van der Waals surface area contributed by atoms with Crippen molar-refractivity contribution in [1.82, 2.24) is 10.2 Å². The van der Waals surface area contributed by atoms with Crippen molar-refractivity contribution in [3.8, 4) is 0 Å². The van der Waals surface area contributed by atoms with Gasteiger partial charge in [-0.2, -0.15) is 0 Å². The van der Waals surface area contributed by atoms with Crippen molar-refractivity contribution in [1.29, 1.82) is 0 Å². The van der Waals surface area contributed by atoms with Gasteiger partial charge >= 0.3 is 0 Å². The third-order valence-electron chi connectivity index (χ3n) is 4.10. The fourth-order valence-electron chi connectivity index (χ4n) is 2.97. The largest absolute Gasteiger partial charge is 0.468 e. The van der Waals surface area contributed by atoms with E-state index < -0.39 is 0 Å². The van der Waals surface area contributed by atoms with Gasteiger partial charge in [0.1, 0.15) is 5.76 Å². The minimum absolute atomic E-state index is 0.286. The van der Waals surface area contributed by atoms with Gasteiger partial charge in [-0.25, -0.2) is 0 Å². The Bertz CT molecular complexity index is 532. The minimum Gasteiger partial charge on any atom is -0.468 e. The SMILES string of the molecule is CN(C)C(CNC1CCCc2sccc21)c1ccco1. The summed E-state index contributed by atoms with van der Waals surface area (Å²) in [6, 6.07) is 7.09. The zero-order valence-electron chi connectivity index (χ0n) is 12.1. The molecule has 3 nitrogen and oxygen atoms in total. The summed E-state index contributed by atoms with van der Waals surface area (Å²) in [6.07, 6.45) is 5.53. The zero-order chi connectivity index (χ0) is 13.9. The van der Waals surface area contributed by atoms with Gasteiger partial charge in [-0.3, -0.25) is 4.90 Å². The van der Waals surface area contributed by atoms with Crippen LogP contribution in [0, 0.1) is 0 Å². The van der Waals surface area contributed by atoms with Crippen LogP contribution in [0.25, 0.3) is 0 Å². The summed E-state index contributed by atoms with van der Waals surface area (Å²) in [5, 5.41) is 5.96. The molecule has 0 fully saturated rings. The van der Waals surface area contributed by atoms with Crippen LogP contribution in [0.1, 0.15) is 41.1 Å². The van der Waals surface area contributed by atoms with Crippen molar-refractivity contribution in [2.45, 2.75) is 31.3 Å². The molecule has 4 heteroatoms. The summed E-state index contributed by atoms with van der Waals surface area (Å²) in [7, 11) is 4.21. The summed E-state index contributed by atoms with van der Waals surface area (Å²) in [5.74, 6) is 1.03. The molecule has 2 atom stereocenters. The number of hydrogen-bond acceptors (Lipinski definition) is 4. The van der Waals surface area contributed by atoms with Crippen LogP contribution in [-0.4, -0.2) is 25.5 Å². The van der Waals surface area contributed by atoms with E-state index in [0.717, 1.165) is 12.3 Å². The van der Waals surface area contributed by atoms with Crippen molar-refractivity contribution in [3.05, 3.63) is 46.0 Å². The van der Waals surface area contributed by atoms with E-state index in [-0.39, 0.29) is 6.04 Å². The highest BCUT2D eigenvalue weighted by Gasteiger charge is 2.23. The second-order valence-corrected chi connectivity index (χ2v) is 6.65. The minimum atomic E-state index is 0.286. The topological polar surface area (TPSA) is 28.4 Å². The van der Waals surface area contributed by atoms with Crippen LogP contribution in [0.2, 0.25) is 0 Å². The Morgan fingerprint density at radius 2 is 2.35 bits per heavy atom. The lowest BCUT2D eigenvalue weighted by atomic mass is 9.94. The molecule has 0 aromatic carbocycles. The van der Waals surface area contributed by atoms with Gasteiger partial charge in [-0.05, 0) is 62.5 Å². The van der Waals surface area contributed by atoms with E-state index in [4.69, 9.17) is 4.42 Å². The van der Waals surface area contributed by atoms with E-state index in [0.29, 0.717) is 6.04 Å². The number of aryl methyl sites for hydroxylation is 1. The van der Waals surface area contributed by atoms with Crippen LogP contribution in [0.15, 0.2) is 34.3 Å². The lowest BCUT2D eigenvalue weighted by Gasteiger charge is -2.28. The highest BCUT2D eigenvalue weighted by Crippen LogP contribution is 2.33. The second kappa shape index (κ2) is 6.12. The zero-order valence-corrected chi connectivity index (χ0v) is 13.0. The normalized spacial score (nSPS) is 20.1. The fourth-order valence-corrected chi connectivity index (χ4v) is 3.96. The lowest BCUT2D eigenvalue weighted by molar-refractivity contribution is 0.241. The maximum atomic E-state index is 5.57. The number of furan rings is 1. The number of nitrogens with zero attached hydrogens (tertiary/aromatic N) is 1. The number of rotatable bonds is 5. The summed E-state index contributed by atoms with van der Waals surface area (Å²) < 4.78 is 5.57. The molecule has 0 spiro atoms. The predicted octanol–water partition coefficient (Wildman–Crippen LogP) is 3.61. The van der Waals surface area contributed by atoms with Gasteiger partial charge in [-0.15, -0.1) is 11.3 Å². The Morgan fingerprint density at radius 3 is 3.10 bits per heavy atom. The van der Waals surface area contributed by atoms with Crippen molar-refractivity contribution >= 4 is 11.3 Å². The van der Waals surface area contributed by atoms with Crippen LogP contribution in [0.3, 0.4) is 0 Å². The number of likely N-dealkylation sites (N-methyl/N-ethyl adjacent to an activating group) is 1. The molecule has 1 N–H and O–H groups in total. The quantitative estimate of drug-likeness (QED) is 0.912. The molecule has 20 heavy (non-hydrogen) atoms. The smallest absolute Gasteiger partial charge is 0.122 e. The van der Waals surface area contributed by atoms with E-state index in [1.54, 1.807) is 11.1 Å². The van der Waals surface area contributed by atoms with Gasteiger partial charge in [0.15, 0.2) is 0 Å². The summed E-state index contributed by atoms with van der Waals surface area (Å²) in [6.45, 7) is 0.917. The van der Waals surface area contributed by atoms with Gasteiger partial charge in [0.2, 0.25) is 0 Å². The van der Waals surface area contributed by atoms with Crippen LogP contribution in [0.5, 0.6) is 0 Å². The third-order valence-corrected chi connectivity index (χ3v) is 5.10. The Balaban J connectivity index is 1.67. The molecular weight excluding hydrogens is 268 g/mol. The predicted molar refractivity (Wildman–Crippen MR) is 83.1 cm³/mol. The fraction of sp³-hybridized carbons (Fsp3) is 0.500. The molecule has 1 aliphatic rings. The molecule has 0 amide bonds. The standard InChI is InChI=1S/C16H22N2OS/c1-18(2)14(15-6-4-9-19-15)11-17-13-5-3-7-16-12(13)8-10-20-16/h4,6,8-10,13-14,17H,3,5,7,11H2,1-2H3. The molecule has 0 aliphatic heterocycles. The van der Waals surface area contributed by atoms with Gasteiger partial charge in [-0.1, -0.05) is 0 Å². The molecule has 2 unspecified atom stereocenters. The van der Waals surface area contributed by atoms with E-state index in [2.05, 4.69) is 41.8 Å². The molecule has 0 bridgehead atoms. The Labute approximate surface area is 124 Å². The lowest BCUT2D eigenvalue weighted by Crippen LogP contribution is -2.34. The highest BCUT2D eigenvalue weighted by molar-refractivity contribution is 7.10. The Morgan fingerprint density at radius 1 is 1.45 bits per heavy atom. The maximum Gasteiger partial charge on any atom is 0.122 e. The first kappa shape index (κ1) is 13.9. The molecular formula is C16H22N2OS. The molecule has 0 saturated carbocycles. The van der Waals surface area contributed by atoms with E-state index >= 15 is 0 Å². The van der Waals surface area contributed by atoms with Gasteiger partial charge in [0.25, 0.3) is 0 Å². The molecule has 0 radical (unpaired) electrons. The second-order valence-electron chi connectivity index (χ2n) is 5.65. The first-order valence-electron chi connectivity index (χ1n) is 7.25. The molecule has 2 aromatic heterocycles. The van der Waals surface area contributed by atoms with Gasteiger partial charge < -0.3 is 9.73 Å². The summed E-state index contributed by atoms with van der Waals surface area (Å²) in [5.41, 5.74) is 1.51. The van der Waals surface area contributed by atoms with E-state index in [1.165, 1.54) is 24.8 Å². The first-order valence-corrected chi connectivity index (χ1v) is 8.13. The van der Waals surface area contributed by atoms with E-state index in [9.17, 15) is 0 Å². The number of fused-ring (bicyclic) bond motifs is 1. The average molecular weight is 290 g/mol. The van der Waals surface area contributed by atoms with Crippen LogP contribution in [-0.2, 0) is 6.42 Å². The molecule has 3 rings (SSSR count). The number of hydrogen-bond donors (Lipinski definition) is 1. The number of nitrogens with one attached hydrogen (secondary N) is 1. The Hall–Kier alpha value is -1.10. The van der Waals surface area contributed by atoms with E-state index in [1.807, 2.05) is 17.4 Å². The molecule has 1 aliphatic carbocycles. The van der Waals surface area contributed by atoms with Crippen molar-refractivity contribution in [3.63, 3.8) is 0 Å². The Kier molecular flexibility index (Phi) is 4.24. The van der Waals surface area contributed by atoms with Gasteiger partial charge in [0, 0.05) is 17.5 Å².